The third-order valence-corrected chi connectivity index (χ3v) is 7.56. The van der Waals surface area contributed by atoms with Crippen molar-refractivity contribution in [2.45, 2.75) is 37.8 Å². The Balaban J connectivity index is 1.28. The number of ether oxygens (including phenoxy) is 2. The maximum Gasteiger partial charge on any atom is 0.415 e. The molecule has 0 aliphatic carbocycles. The number of anilines is 3. The van der Waals surface area contributed by atoms with Crippen LogP contribution in [0.2, 0.25) is 0 Å². The number of nitrogens with zero attached hydrogens (tertiary/aromatic N) is 4. The Bertz CT molecular complexity index is 1300. The van der Waals surface area contributed by atoms with Crippen molar-refractivity contribution in [3.05, 3.63) is 47.7 Å². The Kier molecular flexibility index (Phi) is 5.89. The summed E-state index contributed by atoms with van der Waals surface area (Å²) < 4.78 is 11.6. The van der Waals surface area contributed by atoms with Crippen molar-refractivity contribution in [1.82, 2.24) is 20.2 Å². The Morgan fingerprint density at radius 2 is 2.08 bits per heavy atom. The van der Waals surface area contributed by atoms with E-state index >= 15 is 0 Å². The van der Waals surface area contributed by atoms with Gasteiger partial charge < -0.3 is 25.0 Å². The largest absolute Gasteiger partial charge is 0.495 e. The normalized spacial score (nSPS) is 22.4. The maximum atomic E-state index is 12.8. The highest BCUT2D eigenvalue weighted by molar-refractivity contribution is 5.93. The highest BCUT2D eigenvalue weighted by atomic mass is 16.6. The van der Waals surface area contributed by atoms with Crippen LogP contribution in [0, 0.1) is 0 Å². The number of aromatic nitrogens is 2. The quantitative estimate of drug-likeness (QED) is 0.573. The third-order valence-electron chi connectivity index (χ3n) is 7.56. The molecule has 36 heavy (non-hydrogen) atoms. The Morgan fingerprint density at radius 3 is 2.97 bits per heavy atom. The van der Waals surface area contributed by atoms with Crippen LogP contribution in [0.25, 0.3) is 10.9 Å². The van der Waals surface area contributed by atoms with Crippen molar-refractivity contribution in [3.8, 4) is 5.75 Å². The molecule has 2 N–H and O–H groups in total. The van der Waals surface area contributed by atoms with Gasteiger partial charge in [-0.2, -0.15) is 0 Å². The standard InChI is InChI=1S/C27H32N6O3/c1-32-11-6-18-13-24(35-2)23(12-20(18)16-32)31-25-29-15-19-4-5-21(14-22(19)30-25)33-17-27(36-26(33)34)7-3-9-28-10-8-27/h4-5,12-15,28H,3,6-11,16-17H2,1-2H3,(H,29,30,31). The van der Waals surface area contributed by atoms with Crippen LogP contribution in [0.4, 0.5) is 22.1 Å². The van der Waals surface area contributed by atoms with Crippen LogP contribution in [0.3, 0.4) is 0 Å². The minimum atomic E-state index is -0.412. The molecule has 1 amide bonds. The summed E-state index contributed by atoms with van der Waals surface area (Å²) in [5.41, 5.74) is 4.59. The van der Waals surface area contributed by atoms with Gasteiger partial charge >= 0.3 is 6.09 Å². The first kappa shape index (κ1) is 23.0. The molecular formula is C27H32N6O3. The van der Waals surface area contributed by atoms with Gasteiger partial charge in [-0.25, -0.2) is 14.8 Å². The minimum Gasteiger partial charge on any atom is -0.495 e. The van der Waals surface area contributed by atoms with Gasteiger partial charge in [-0.1, -0.05) is 0 Å². The number of nitrogens with one attached hydrogen (secondary N) is 2. The Hall–Kier alpha value is -3.43. The summed E-state index contributed by atoms with van der Waals surface area (Å²) in [6, 6.07) is 10.1. The molecule has 2 saturated heterocycles. The highest BCUT2D eigenvalue weighted by Crippen LogP contribution is 2.36. The monoisotopic (exact) mass is 488 g/mol. The van der Waals surface area contributed by atoms with Crippen LogP contribution >= 0.6 is 0 Å². The highest BCUT2D eigenvalue weighted by Gasteiger charge is 2.45. The van der Waals surface area contributed by atoms with E-state index in [9.17, 15) is 4.79 Å². The predicted octanol–water partition coefficient (Wildman–Crippen LogP) is 3.84. The zero-order valence-corrected chi connectivity index (χ0v) is 20.8. The van der Waals surface area contributed by atoms with Crippen LogP contribution in [-0.2, 0) is 17.7 Å². The number of likely N-dealkylation sites (N-methyl/N-ethyl adjacent to an activating group) is 1. The van der Waals surface area contributed by atoms with Gasteiger partial charge in [0.2, 0.25) is 5.95 Å². The van der Waals surface area contributed by atoms with Crippen molar-refractivity contribution < 1.29 is 14.3 Å². The average Bonchev–Trinajstić information content (AvgIpc) is 3.04. The molecule has 3 aliphatic heterocycles. The van der Waals surface area contributed by atoms with Crippen LogP contribution in [-0.4, -0.2) is 66.9 Å². The van der Waals surface area contributed by atoms with Crippen molar-refractivity contribution in [3.63, 3.8) is 0 Å². The molecule has 3 aliphatic rings. The fourth-order valence-corrected chi connectivity index (χ4v) is 5.54. The summed E-state index contributed by atoms with van der Waals surface area (Å²) in [5.74, 6) is 1.26. The topological polar surface area (TPSA) is 91.8 Å². The van der Waals surface area contributed by atoms with Crippen molar-refractivity contribution in [1.29, 1.82) is 0 Å². The number of fused-ring (bicyclic) bond motifs is 2. The first-order valence-electron chi connectivity index (χ1n) is 12.7. The van der Waals surface area contributed by atoms with Crippen LogP contribution in [0.15, 0.2) is 36.5 Å². The van der Waals surface area contributed by atoms with Crippen molar-refractivity contribution in [2.75, 3.05) is 50.6 Å². The second-order valence-electron chi connectivity index (χ2n) is 10.1. The molecule has 1 spiro atoms. The zero-order chi connectivity index (χ0) is 24.7. The Morgan fingerprint density at radius 1 is 1.17 bits per heavy atom. The fraction of sp³-hybridized carbons (Fsp3) is 0.444. The molecule has 9 heteroatoms. The van der Waals surface area contributed by atoms with Gasteiger partial charge in [-0.15, -0.1) is 0 Å². The molecule has 0 bridgehead atoms. The van der Waals surface area contributed by atoms with E-state index in [-0.39, 0.29) is 6.09 Å². The first-order chi connectivity index (χ1) is 17.5. The lowest BCUT2D eigenvalue weighted by Crippen LogP contribution is -2.35. The fourth-order valence-electron chi connectivity index (χ4n) is 5.54. The number of rotatable bonds is 4. The van der Waals surface area contributed by atoms with Gasteiger partial charge in [0, 0.05) is 36.8 Å². The van der Waals surface area contributed by atoms with E-state index in [1.54, 1.807) is 18.2 Å². The lowest BCUT2D eigenvalue weighted by Gasteiger charge is -2.26. The molecule has 1 aromatic heterocycles. The van der Waals surface area contributed by atoms with E-state index in [0.717, 1.165) is 79.9 Å². The second kappa shape index (κ2) is 9.22. The molecule has 6 rings (SSSR count). The number of carbonyl (C=O) groups excluding carboxylic acids is 1. The van der Waals surface area contributed by atoms with Gasteiger partial charge in [0.1, 0.15) is 11.4 Å². The lowest BCUT2D eigenvalue weighted by molar-refractivity contribution is 0.0470. The van der Waals surface area contributed by atoms with Gasteiger partial charge in [0.25, 0.3) is 0 Å². The van der Waals surface area contributed by atoms with Gasteiger partial charge in [0.05, 0.1) is 24.9 Å². The average molecular weight is 489 g/mol. The first-order valence-corrected chi connectivity index (χ1v) is 12.7. The van der Waals surface area contributed by atoms with Crippen LogP contribution in [0.5, 0.6) is 5.75 Å². The van der Waals surface area contributed by atoms with E-state index in [0.29, 0.717) is 12.5 Å². The zero-order valence-electron chi connectivity index (χ0n) is 20.8. The summed E-state index contributed by atoms with van der Waals surface area (Å²) in [6.07, 6.45) is 5.24. The van der Waals surface area contributed by atoms with E-state index in [2.05, 4.69) is 39.7 Å². The van der Waals surface area contributed by atoms with E-state index in [4.69, 9.17) is 14.5 Å². The molecule has 2 fully saturated rings. The number of carbonyl (C=O) groups is 1. The van der Waals surface area contributed by atoms with Crippen LogP contribution < -0.4 is 20.3 Å². The molecular weight excluding hydrogens is 456 g/mol. The molecule has 2 aromatic carbocycles. The molecule has 9 nitrogen and oxygen atoms in total. The van der Waals surface area contributed by atoms with E-state index in [1.165, 1.54) is 11.1 Å². The molecule has 1 atom stereocenters. The molecule has 1 unspecified atom stereocenters. The smallest absolute Gasteiger partial charge is 0.415 e. The second-order valence-corrected chi connectivity index (χ2v) is 10.1. The molecule has 0 saturated carbocycles. The van der Waals surface area contributed by atoms with E-state index in [1.807, 2.05) is 18.2 Å². The molecule has 4 heterocycles. The summed E-state index contributed by atoms with van der Waals surface area (Å²) >= 11 is 0. The summed E-state index contributed by atoms with van der Waals surface area (Å²) in [7, 11) is 3.82. The SMILES string of the molecule is COc1cc2c(cc1Nc1ncc3ccc(N4CC5(CCCNCC5)OC4=O)cc3n1)CN(C)CC2. The molecule has 3 aromatic rings. The van der Waals surface area contributed by atoms with Crippen LogP contribution in [0.1, 0.15) is 30.4 Å². The predicted molar refractivity (Wildman–Crippen MR) is 139 cm³/mol. The maximum absolute atomic E-state index is 12.8. The number of hydrogen-bond acceptors (Lipinski definition) is 8. The summed E-state index contributed by atoms with van der Waals surface area (Å²) in [6.45, 7) is 4.34. The third kappa shape index (κ3) is 4.33. The number of benzene rings is 2. The number of methoxy groups -OCH3 is 1. The van der Waals surface area contributed by atoms with Crippen molar-refractivity contribution in [2.24, 2.45) is 0 Å². The number of hydrogen-bond donors (Lipinski definition) is 2. The van der Waals surface area contributed by atoms with Gasteiger partial charge in [-0.3, -0.25) is 4.90 Å². The Labute approximate surface area is 210 Å². The van der Waals surface area contributed by atoms with Gasteiger partial charge in [0.15, 0.2) is 0 Å². The van der Waals surface area contributed by atoms with E-state index < -0.39 is 5.60 Å². The summed E-state index contributed by atoms with van der Waals surface area (Å²) in [4.78, 5) is 26.2. The summed E-state index contributed by atoms with van der Waals surface area (Å²) in [5, 5.41) is 7.66. The minimum absolute atomic E-state index is 0.285. The van der Waals surface area contributed by atoms with Gasteiger partial charge in [-0.05, 0) is 80.9 Å². The van der Waals surface area contributed by atoms with Crippen molar-refractivity contribution >= 4 is 34.3 Å². The lowest BCUT2D eigenvalue weighted by atomic mass is 9.95. The molecule has 188 valence electrons. The number of amides is 1. The molecule has 0 radical (unpaired) electrons.